The second-order valence-electron chi connectivity index (χ2n) is 11.4. The number of hydrogen-bond acceptors (Lipinski definition) is 7. The lowest BCUT2D eigenvalue weighted by atomic mass is 9.63. The summed E-state index contributed by atoms with van der Waals surface area (Å²) < 4.78 is 0. The smallest absolute Gasteiger partial charge is 0.185 e. The predicted octanol–water partition coefficient (Wildman–Crippen LogP) is 3.74. The van der Waals surface area contributed by atoms with E-state index in [4.69, 9.17) is 15.8 Å². The first-order valence-electron chi connectivity index (χ1n) is 12.7. The highest BCUT2D eigenvalue weighted by atomic mass is 32.1. The summed E-state index contributed by atoms with van der Waals surface area (Å²) in [4.78, 5) is 9.87. The summed E-state index contributed by atoms with van der Waals surface area (Å²) in [7, 11) is 0. The van der Waals surface area contributed by atoms with Gasteiger partial charge in [0.1, 0.15) is 0 Å². The third-order valence-corrected chi connectivity index (χ3v) is 8.86. The molecular formula is C27H42N4O2S. The summed E-state index contributed by atoms with van der Waals surface area (Å²) in [5.41, 5.74) is 11.4. The largest absolute Gasteiger partial charge is 0.395 e. The van der Waals surface area contributed by atoms with Crippen LogP contribution in [0.3, 0.4) is 0 Å². The number of rotatable bonds is 8. The number of nitrogens with two attached hydrogens (primary N) is 1. The Hall–Kier alpha value is -1.51. The average molecular weight is 487 g/mol. The van der Waals surface area contributed by atoms with Gasteiger partial charge < -0.3 is 20.8 Å². The van der Waals surface area contributed by atoms with Crippen molar-refractivity contribution < 1.29 is 10.2 Å². The summed E-state index contributed by atoms with van der Waals surface area (Å²) in [5, 5.41) is 22.3. The molecule has 4 N–H and O–H groups in total. The molecule has 7 heteroatoms. The van der Waals surface area contributed by atoms with E-state index >= 15 is 0 Å². The van der Waals surface area contributed by atoms with Crippen LogP contribution in [0.5, 0.6) is 0 Å². The van der Waals surface area contributed by atoms with E-state index in [0.29, 0.717) is 6.42 Å². The Balaban J connectivity index is 1.36. The van der Waals surface area contributed by atoms with Crippen LogP contribution in [-0.4, -0.2) is 71.6 Å². The number of fused-ring (bicyclic) bond motifs is 1. The van der Waals surface area contributed by atoms with Gasteiger partial charge in [0.05, 0.1) is 24.4 Å². The van der Waals surface area contributed by atoms with Gasteiger partial charge in [-0.15, -0.1) is 11.3 Å². The fraction of sp³-hybridized carbons (Fsp3) is 0.667. The van der Waals surface area contributed by atoms with Crippen molar-refractivity contribution in [1.82, 2.24) is 9.88 Å². The summed E-state index contributed by atoms with van der Waals surface area (Å²) in [6.07, 6.45) is 3.35. The van der Waals surface area contributed by atoms with Gasteiger partial charge in [-0.25, -0.2) is 4.98 Å². The monoisotopic (exact) mass is 486 g/mol. The molecule has 0 unspecified atom stereocenters. The van der Waals surface area contributed by atoms with Crippen molar-refractivity contribution in [1.29, 1.82) is 0 Å². The van der Waals surface area contributed by atoms with E-state index in [1.54, 1.807) is 11.3 Å². The molecular weight excluding hydrogens is 444 g/mol. The lowest BCUT2D eigenvalue weighted by Gasteiger charge is -2.42. The zero-order chi connectivity index (χ0) is 24.5. The summed E-state index contributed by atoms with van der Waals surface area (Å²) in [6, 6.07) is 6.46. The number of thiazole rings is 1. The Morgan fingerprint density at radius 1 is 1.06 bits per heavy atom. The number of hydrogen-bond donors (Lipinski definition) is 3. The van der Waals surface area contributed by atoms with E-state index < -0.39 is 12.1 Å². The van der Waals surface area contributed by atoms with Crippen molar-refractivity contribution in [3.8, 4) is 11.3 Å². The highest BCUT2D eigenvalue weighted by molar-refractivity contribution is 7.14. The molecule has 0 spiro atoms. The van der Waals surface area contributed by atoms with Crippen molar-refractivity contribution in [3.63, 3.8) is 0 Å². The molecule has 1 saturated heterocycles. The standard InChI is InChI=1S/C27H42N4O2S/c1-26(2)9-10-27(3,4)21-16-19(7-8-20(21)26)23-18-34-25(29-23)31-14-12-30(13-15-31)11-5-6-24(33)22(28)17-32/h7-8,16,18,22,24,32-33H,5-6,9-15,17,28H2,1-4H3/t22-,24-/m0/s1. The zero-order valence-electron chi connectivity index (χ0n) is 21.3. The number of anilines is 1. The van der Waals surface area contributed by atoms with E-state index in [0.717, 1.165) is 50.0 Å². The number of aliphatic hydroxyl groups excluding tert-OH is 2. The zero-order valence-corrected chi connectivity index (χ0v) is 22.1. The molecule has 0 amide bonds. The van der Waals surface area contributed by atoms with E-state index in [1.807, 2.05) is 0 Å². The highest BCUT2D eigenvalue weighted by Gasteiger charge is 2.37. The molecule has 34 heavy (non-hydrogen) atoms. The third kappa shape index (κ3) is 5.49. The maximum absolute atomic E-state index is 9.94. The molecule has 1 aliphatic heterocycles. The molecule has 0 radical (unpaired) electrons. The molecule has 1 aromatic heterocycles. The third-order valence-electron chi connectivity index (χ3n) is 7.96. The number of nitrogens with zero attached hydrogens (tertiary/aromatic N) is 3. The van der Waals surface area contributed by atoms with Gasteiger partial charge in [0.15, 0.2) is 5.13 Å². The molecule has 6 nitrogen and oxygen atoms in total. The minimum atomic E-state index is -0.625. The fourth-order valence-corrected chi connectivity index (χ4v) is 6.20. The first-order chi connectivity index (χ1) is 16.1. The maximum atomic E-state index is 9.94. The van der Waals surface area contributed by atoms with E-state index in [2.05, 4.69) is 61.1 Å². The molecule has 2 atom stereocenters. The Kier molecular flexibility index (Phi) is 7.70. The molecule has 2 aliphatic rings. The second-order valence-corrected chi connectivity index (χ2v) is 12.3. The second kappa shape index (κ2) is 10.2. The Bertz CT molecular complexity index is 965. The normalized spacial score (nSPS) is 21.8. The number of aliphatic hydroxyl groups is 2. The minimum absolute atomic E-state index is 0.170. The van der Waals surface area contributed by atoms with Crippen LogP contribution in [0.25, 0.3) is 11.3 Å². The summed E-state index contributed by atoms with van der Waals surface area (Å²) >= 11 is 1.74. The van der Waals surface area contributed by atoms with Crippen molar-refractivity contribution in [2.75, 3.05) is 44.2 Å². The molecule has 0 bridgehead atoms. The number of benzene rings is 1. The van der Waals surface area contributed by atoms with Crippen LogP contribution in [-0.2, 0) is 10.8 Å². The van der Waals surface area contributed by atoms with E-state index in [9.17, 15) is 5.11 Å². The first kappa shape index (κ1) is 25.6. The molecule has 0 saturated carbocycles. The number of piperazine rings is 1. The van der Waals surface area contributed by atoms with Crippen LogP contribution in [0.1, 0.15) is 64.5 Å². The van der Waals surface area contributed by atoms with Crippen molar-refractivity contribution >= 4 is 16.5 Å². The van der Waals surface area contributed by atoms with E-state index in [1.165, 1.54) is 29.5 Å². The van der Waals surface area contributed by atoms with Crippen LogP contribution in [0.15, 0.2) is 23.6 Å². The molecule has 188 valence electrons. The fourth-order valence-electron chi connectivity index (χ4n) is 5.31. The topological polar surface area (TPSA) is 85.9 Å². The summed E-state index contributed by atoms with van der Waals surface area (Å²) in [6.45, 7) is 14.2. The minimum Gasteiger partial charge on any atom is -0.395 e. The van der Waals surface area contributed by atoms with Crippen LogP contribution >= 0.6 is 11.3 Å². The van der Waals surface area contributed by atoms with Gasteiger partial charge in [0, 0.05) is 37.1 Å². The van der Waals surface area contributed by atoms with Crippen LogP contribution < -0.4 is 10.6 Å². The van der Waals surface area contributed by atoms with Gasteiger partial charge in [-0.2, -0.15) is 0 Å². The Morgan fingerprint density at radius 2 is 1.74 bits per heavy atom. The SMILES string of the molecule is CC1(C)CCC(C)(C)c2cc(-c3csc(N4CCN(CCC[C@H](O)[C@@H](N)CO)CC4)n3)ccc21. The molecule has 4 rings (SSSR count). The predicted molar refractivity (Wildman–Crippen MR) is 142 cm³/mol. The van der Waals surface area contributed by atoms with Crippen molar-refractivity contribution in [3.05, 3.63) is 34.7 Å². The lowest BCUT2D eigenvalue weighted by Crippen LogP contribution is -2.47. The van der Waals surface area contributed by atoms with Crippen LogP contribution in [0.4, 0.5) is 5.13 Å². The van der Waals surface area contributed by atoms with Crippen LogP contribution in [0.2, 0.25) is 0 Å². The van der Waals surface area contributed by atoms with Gasteiger partial charge in [-0.05, 0) is 60.3 Å². The average Bonchev–Trinajstić information content (AvgIpc) is 3.32. The van der Waals surface area contributed by atoms with Crippen molar-refractivity contribution in [2.45, 2.75) is 76.4 Å². The van der Waals surface area contributed by atoms with Crippen LogP contribution in [0, 0.1) is 0 Å². The van der Waals surface area contributed by atoms with Gasteiger partial charge in [-0.1, -0.05) is 39.8 Å². The van der Waals surface area contributed by atoms with Gasteiger partial charge >= 0.3 is 0 Å². The Labute approximate surface area is 208 Å². The Morgan fingerprint density at radius 3 is 2.41 bits per heavy atom. The lowest BCUT2D eigenvalue weighted by molar-refractivity contribution is 0.0956. The molecule has 2 heterocycles. The van der Waals surface area contributed by atoms with Crippen molar-refractivity contribution in [2.24, 2.45) is 5.73 Å². The molecule has 1 aliphatic carbocycles. The molecule has 1 fully saturated rings. The maximum Gasteiger partial charge on any atom is 0.185 e. The molecule has 1 aromatic carbocycles. The quantitative estimate of drug-likeness (QED) is 0.527. The molecule has 2 aromatic rings. The highest BCUT2D eigenvalue weighted by Crippen LogP contribution is 2.46. The number of aromatic nitrogens is 1. The first-order valence-corrected chi connectivity index (χ1v) is 13.6. The van der Waals surface area contributed by atoms with Gasteiger partial charge in [-0.3, -0.25) is 4.90 Å². The van der Waals surface area contributed by atoms with Gasteiger partial charge in [0.2, 0.25) is 0 Å². The van der Waals surface area contributed by atoms with E-state index in [-0.39, 0.29) is 17.4 Å². The summed E-state index contributed by atoms with van der Waals surface area (Å²) in [5.74, 6) is 0. The van der Waals surface area contributed by atoms with Gasteiger partial charge in [0.25, 0.3) is 0 Å².